The fraction of sp³-hybridized carbons (Fsp3) is 0.0909. The maximum Gasteiger partial charge on any atom is 0.277 e. The van der Waals surface area contributed by atoms with E-state index in [0.29, 0.717) is 28.4 Å². The second-order valence-electron chi connectivity index (χ2n) is 6.50. The molecule has 4 aromatic rings. The van der Waals surface area contributed by atoms with Crippen LogP contribution in [0.25, 0.3) is 21.9 Å². The summed E-state index contributed by atoms with van der Waals surface area (Å²) in [4.78, 5) is 24.0. The first-order chi connectivity index (χ1) is 14.1. The van der Waals surface area contributed by atoms with Crippen LogP contribution >= 0.6 is 0 Å². The molecular formula is C22H17N3O4. The molecule has 7 nitrogen and oxygen atoms in total. The minimum atomic E-state index is -0.424. The van der Waals surface area contributed by atoms with E-state index in [-0.39, 0.29) is 11.2 Å². The van der Waals surface area contributed by atoms with Gasteiger partial charge in [-0.15, -0.1) is 0 Å². The Kier molecular flexibility index (Phi) is 4.78. The van der Waals surface area contributed by atoms with Crippen molar-refractivity contribution in [2.45, 2.75) is 6.54 Å². The summed E-state index contributed by atoms with van der Waals surface area (Å²) >= 11 is 0. The summed E-state index contributed by atoms with van der Waals surface area (Å²) < 4.78 is 6.53. The number of hydrogen-bond donors (Lipinski definition) is 0. The standard InChI is InChI=1S/C22H17N3O4/c1-29-16-11-9-15(10-12-16)14-24-22(26)19-7-4-6-17(20(19)13-23-24)18-5-2-3-8-21(18)25(27)28/h2-13H,14H2,1H3. The summed E-state index contributed by atoms with van der Waals surface area (Å²) in [5.74, 6) is 0.738. The fourth-order valence-electron chi connectivity index (χ4n) is 3.32. The van der Waals surface area contributed by atoms with Gasteiger partial charge in [0.05, 0.1) is 35.7 Å². The smallest absolute Gasteiger partial charge is 0.277 e. The predicted octanol–water partition coefficient (Wildman–Crippen LogP) is 4.03. The zero-order valence-electron chi connectivity index (χ0n) is 15.6. The first kappa shape index (κ1) is 18.4. The summed E-state index contributed by atoms with van der Waals surface area (Å²) in [6, 6.07) is 19.1. The number of nitro groups is 1. The van der Waals surface area contributed by atoms with Crippen LogP contribution in [-0.2, 0) is 6.54 Å². The molecule has 0 saturated heterocycles. The number of nitro benzene ring substituents is 1. The Hall–Kier alpha value is -4.00. The van der Waals surface area contributed by atoms with Gasteiger partial charge in [0.15, 0.2) is 0 Å². The molecule has 0 amide bonds. The number of hydrogen-bond acceptors (Lipinski definition) is 5. The average Bonchev–Trinajstić information content (AvgIpc) is 2.76. The zero-order valence-corrected chi connectivity index (χ0v) is 15.6. The minimum absolute atomic E-state index is 0.0117. The van der Waals surface area contributed by atoms with Crippen LogP contribution in [0.1, 0.15) is 5.56 Å². The number of aromatic nitrogens is 2. The van der Waals surface area contributed by atoms with Crippen LogP contribution in [-0.4, -0.2) is 21.8 Å². The third kappa shape index (κ3) is 3.45. The molecule has 7 heteroatoms. The Labute approximate surface area is 166 Å². The number of nitrogens with zero attached hydrogens (tertiary/aromatic N) is 3. The molecule has 0 N–H and O–H groups in total. The van der Waals surface area contributed by atoms with Crippen molar-refractivity contribution < 1.29 is 9.66 Å². The molecule has 29 heavy (non-hydrogen) atoms. The predicted molar refractivity (Wildman–Crippen MR) is 110 cm³/mol. The summed E-state index contributed by atoms with van der Waals surface area (Å²) in [6.07, 6.45) is 1.59. The van der Waals surface area contributed by atoms with Gasteiger partial charge in [0, 0.05) is 11.5 Å². The second kappa shape index (κ2) is 7.55. The van der Waals surface area contributed by atoms with Crippen molar-refractivity contribution in [1.29, 1.82) is 0 Å². The van der Waals surface area contributed by atoms with Crippen molar-refractivity contribution in [2.24, 2.45) is 0 Å². The van der Waals surface area contributed by atoms with E-state index in [0.717, 1.165) is 11.3 Å². The normalized spacial score (nSPS) is 10.8. The molecule has 4 rings (SSSR count). The molecule has 0 aliphatic rings. The van der Waals surface area contributed by atoms with E-state index in [1.807, 2.05) is 24.3 Å². The molecule has 0 aliphatic carbocycles. The van der Waals surface area contributed by atoms with Crippen molar-refractivity contribution in [1.82, 2.24) is 9.78 Å². The van der Waals surface area contributed by atoms with Gasteiger partial charge in [0.25, 0.3) is 11.2 Å². The van der Waals surface area contributed by atoms with Gasteiger partial charge in [0.1, 0.15) is 5.75 Å². The third-order valence-corrected chi connectivity index (χ3v) is 4.78. The Morgan fingerprint density at radius 3 is 2.41 bits per heavy atom. The van der Waals surface area contributed by atoms with Crippen LogP contribution in [0.15, 0.2) is 77.7 Å². The zero-order chi connectivity index (χ0) is 20.4. The lowest BCUT2D eigenvalue weighted by Gasteiger charge is -2.10. The van der Waals surface area contributed by atoms with E-state index in [1.54, 1.807) is 49.7 Å². The molecule has 0 bridgehead atoms. The molecule has 1 aromatic heterocycles. The van der Waals surface area contributed by atoms with E-state index in [9.17, 15) is 14.9 Å². The van der Waals surface area contributed by atoms with Crippen molar-refractivity contribution in [2.75, 3.05) is 7.11 Å². The van der Waals surface area contributed by atoms with Gasteiger partial charge in [-0.2, -0.15) is 5.10 Å². The lowest BCUT2D eigenvalue weighted by atomic mass is 9.99. The largest absolute Gasteiger partial charge is 0.497 e. The van der Waals surface area contributed by atoms with Crippen molar-refractivity contribution in [3.8, 4) is 16.9 Å². The number of para-hydroxylation sites is 1. The number of ether oxygens (including phenoxy) is 1. The van der Waals surface area contributed by atoms with E-state index < -0.39 is 4.92 Å². The molecule has 0 unspecified atom stereocenters. The molecule has 0 atom stereocenters. The number of rotatable bonds is 5. The lowest BCUT2D eigenvalue weighted by molar-refractivity contribution is -0.384. The topological polar surface area (TPSA) is 87.3 Å². The molecule has 0 aliphatic heterocycles. The Morgan fingerprint density at radius 1 is 0.966 bits per heavy atom. The van der Waals surface area contributed by atoms with Gasteiger partial charge in [-0.25, -0.2) is 4.68 Å². The molecule has 0 fully saturated rings. The SMILES string of the molecule is COc1ccc(Cn2ncc3c(-c4ccccc4[N+](=O)[O-])cccc3c2=O)cc1. The number of methoxy groups -OCH3 is 1. The second-order valence-corrected chi connectivity index (χ2v) is 6.50. The highest BCUT2D eigenvalue weighted by atomic mass is 16.6. The summed E-state index contributed by atoms with van der Waals surface area (Å²) in [5, 5.41) is 16.8. The number of benzene rings is 3. The molecule has 0 radical (unpaired) electrons. The maximum atomic E-state index is 13.0. The molecular weight excluding hydrogens is 370 g/mol. The van der Waals surface area contributed by atoms with E-state index >= 15 is 0 Å². The fourth-order valence-corrected chi connectivity index (χ4v) is 3.32. The Bertz CT molecular complexity index is 1260. The highest BCUT2D eigenvalue weighted by Crippen LogP contribution is 2.33. The van der Waals surface area contributed by atoms with Crippen LogP contribution in [0.5, 0.6) is 5.75 Å². The van der Waals surface area contributed by atoms with Crippen LogP contribution in [0, 0.1) is 10.1 Å². The monoisotopic (exact) mass is 387 g/mol. The average molecular weight is 387 g/mol. The maximum absolute atomic E-state index is 13.0. The Balaban J connectivity index is 1.81. The van der Waals surface area contributed by atoms with E-state index in [4.69, 9.17) is 4.74 Å². The van der Waals surface area contributed by atoms with E-state index in [2.05, 4.69) is 5.10 Å². The third-order valence-electron chi connectivity index (χ3n) is 4.78. The minimum Gasteiger partial charge on any atom is -0.497 e. The summed E-state index contributed by atoms with van der Waals surface area (Å²) in [7, 11) is 1.60. The highest BCUT2D eigenvalue weighted by molar-refractivity contribution is 5.97. The van der Waals surface area contributed by atoms with Crippen LogP contribution in [0.4, 0.5) is 5.69 Å². The lowest BCUT2D eigenvalue weighted by Crippen LogP contribution is -2.23. The first-order valence-corrected chi connectivity index (χ1v) is 8.94. The van der Waals surface area contributed by atoms with Gasteiger partial charge >= 0.3 is 0 Å². The molecule has 0 saturated carbocycles. The van der Waals surface area contributed by atoms with Crippen LogP contribution < -0.4 is 10.3 Å². The molecule has 3 aromatic carbocycles. The first-order valence-electron chi connectivity index (χ1n) is 8.94. The quantitative estimate of drug-likeness (QED) is 0.381. The summed E-state index contributed by atoms with van der Waals surface area (Å²) in [6.45, 7) is 0.314. The molecule has 1 heterocycles. The van der Waals surface area contributed by atoms with Crippen molar-refractivity contribution in [3.05, 3.63) is 99.0 Å². The van der Waals surface area contributed by atoms with Gasteiger partial charge in [-0.05, 0) is 35.4 Å². The molecule has 0 spiro atoms. The van der Waals surface area contributed by atoms with Crippen molar-refractivity contribution >= 4 is 16.5 Å². The Morgan fingerprint density at radius 2 is 1.69 bits per heavy atom. The highest BCUT2D eigenvalue weighted by Gasteiger charge is 2.17. The van der Waals surface area contributed by atoms with Crippen LogP contribution in [0.3, 0.4) is 0 Å². The van der Waals surface area contributed by atoms with Gasteiger partial charge < -0.3 is 4.74 Å². The van der Waals surface area contributed by atoms with Crippen molar-refractivity contribution in [3.63, 3.8) is 0 Å². The van der Waals surface area contributed by atoms with Gasteiger partial charge in [0.2, 0.25) is 0 Å². The van der Waals surface area contributed by atoms with Gasteiger partial charge in [-0.1, -0.05) is 36.4 Å². The number of fused-ring (bicyclic) bond motifs is 1. The summed E-state index contributed by atoms with van der Waals surface area (Å²) in [5.41, 5.74) is 1.71. The van der Waals surface area contributed by atoms with Crippen LogP contribution in [0.2, 0.25) is 0 Å². The molecule has 144 valence electrons. The van der Waals surface area contributed by atoms with E-state index in [1.165, 1.54) is 10.7 Å². The van der Waals surface area contributed by atoms with Gasteiger partial charge in [-0.3, -0.25) is 14.9 Å².